The molecule has 2 aromatic carbocycles. The van der Waals surface area contributed by atoms with Gasteiger partial charge in [-0.25, -0.2) is 8.42 Å². The Bertz CT molecular complexity index is 1090. The molecule has 0 bridgehead atoms. The fraction of sp³-hybridized carbons (Fsp3) is 0.481. The smallest absolute Gasteiger partial charge is 0.242 e. The quantitative estimate of drug-likeness (QED) is 0.446. The molecule has 192 valence electrons. The maximum Gasteiger partial charge on any atom is 0.242 e. The van der Waals surface area contributed by atoms with Crippen LogP contribution in [0.1, 0.15) is 56.2 Å². The molecular weight excluding hydrogens is 462 g/mol. The summed E-state index contributed by atoms with van der Waals surface area (Å²) in [5.41, 5.74) is 3.47. The van der Waals surface area contributed by atoms with Gasteiger partial charge in [0, 0.05) is 26.1 Å². The van der Waals surface area contributed by atoms with Gasteiger partial charge in [-0.05, 0) is 55.9 Å². The largest absolute Gasteiger partial charge is 0.354 e. The number of anilines is 1. The standard InChI is InChI=1S/C27H39N3O4S/c1-6-18-28-27(32)24(7-2)29(20-23-14-9-8-10-15-23)26(31)17-12-19-30(35(5,33)34)25-16-11-13-21(3)22(25)4/h8-11,13-16,24H,6-7,12,17-20H2,1-5H3,(H,28,32)/t24-/m1/s1. The molecule has 7 nitrogen and oxygen atoms in total. The number of hydrogen-bond acceptors (Lipinski definition) is 4. The highest BCUT2D eigenvalue weighted by atomic mass is 32.2. The summed E-state index contributed by atoms with van der Waals surface area (Å²) in [7, 11) is -3.52. The lowest BCUT2D eigenvalue weighted by atomic mass is 10.1. The van der Waals surface area contributed by atoms with Crippen molar-refractivity contribution in [2.24, 2.45) is 0 Å². The minimum Gasteiger partial charge on any atom is -0.354 e. The van der Waals surface area contributed by atoms with Gasteiger partial charge >= 0.3 is 0 Å². The summed E-state index contributed by atoms with van der Waals surface area (Å²) in [6.07, 6.45) is 2.98. The van der Waals surface area contributed by atoms with Crippen LogP contribution in [0.4, 0.5) is 5.69 Å². The predicted molar refractivity (Wildman–Crippen MR) is 142 cm³/mol. The first-order chi connectivity index (χ1) is 16.6. The van der Waals surface area contributed by atoms with E-state index in [2.05, 4.69) is 5.32 Å². The van der Waals surface area contributed by atoms with Crippen LogP contribution in [0.15, 0.2) is 48.5 Å². The Morgan fingerprint density at radius 1 is 1.00 bits per heavy atom. The molecule has 0 aliphatic carbocycles. The van der Waals surface area contributed by atoms with E-state index in [0.29, 0.717) is 31.6 Å². The van der Waals surface area contributed by atoms with E-state index in [4.69, 9.17) is 0 Å². The van der Waals surface area contributed by atoms with Crippen LogP contribution < -0.4 is 9.62 Å². The minimum absolute atomic E-state index is 0.140. The number of amides is 2. The number of aryl methyl sites for hydroxylation is 1. The van der Waals surface area contributed by atoms with Crippen LogP contribution in [0, 0.1) is 13.8 Å². The lowest BCUT2D eigenvalue weighted by Gasteiger charge is -2.31. The number of hydrogen-bond donors (Lipinski definition) is 1. The second-order valence-corrected chi connectivity index (χ2v) is 10.8. The Kier molecular flexibility index (Phi) is 10.8. The Balaban J connectivity index is 2.21. The molecule has 0 aliphatic heterocycles. The van der Waals surface area contributed by atoms with Gasteiger partial charge in [-0.15, -0.1) is 0 Å². The van der Waals surface area contributed by atoms with Crippen molar-refractivity contribution in [1.82, 2.24) is 10.2 Å². The van der Waals surface area contributed by atoms with E-state index < -0.39 is 16.1 Å². The van der Waals surface area contributed by atoms with Gasteiger partial charge < -0.3 is 10.2 Å². The highest BCUT2D eigenvalue weighted by Crippen LogP contribution is 2.25. The van der Waals surface area contributed by atoms with Gasteiger partial charge in [0.05, 0.1) is 11.9 Å². The van der Waals surface area contributed by atoms with E-state index >= 15 is 0 Å². The lowest BCUT2D eigenvalue weighted by Crippen LogP contribution is -2.49. The van der Waals surface area contributed by atoms with Gasteiger partial charge in [0.2, 0.25) is 21.8 Å². The van der Waals surface area contributed by atoms with Gasteiger partial charge in [-0.2, -0.15) is 0 Å². The summed E-state index contributed by atoms with van der Waals surface area (Å²) >= 11 is 0. The van der Waals surface area contributed by atoms with Crippen LogP contribution in [0.2, 0.25) is 0 Å². The Hall–Kier alpha value is -2.87. The van der Waals surface area contributed by atoms with E-state index in [0.717, 1.165) is 23.1 Å². The molecule has 0 saturated heterocycles. The molecule has 35 heavy (non-hydrogen) atoms. The zero-order valence-corrected chi connectivity index (χ0v) is 22.4. The van der Waals surface area contributed by atoms with Crippen molar-refractivity contribution >= 4 is 27.5 Å². The normalized spacial score (nSPS) is 12.1. The van der Waals surface area contributed by atoms with Crippen molar-refractivity contribution in [3.8, 4) is 0 Å². The third kappa shape index (κ3) is 8.09. The molecule has 0 saturated carbocycles. The van der Waals surface area contributed by atoms with Gasteiger partial charge in [0.25, 0.3) is 0 Å². The fourth-order valence-corrected chi connectivity index (χ4v) is 5.07. The van der Waals surface area contributed by atoms with Crippen molar-refractivity contribution in [2.45, 2.75) is 66.0 Å². The molecule has 1 atom stereocenters. The van der Waals surface area contributed by atoms with E-state index in [1.807, 2.05) is 70.2 Å². The molecule has 2 rings (SSSR count). The van der Waals surface area contributed by atoms with Crippen LogP contribution in [-0.4, -0.2) is 50.5 Å². The average Bonchev–Trinajstić information content (AvgIpc) is 2.82. The van der Waals surface area contributed by atoms with E-state index in [1.165, 1.54) is 10.6 Å². The minimum atomic E-state index is -3.52. The maximum atomic E-state index is 13.4. The fourth-order valence-electron chi connectivity index (χ4n) is 4.05. The Labute approximate surface area is 210 Å². The van der Waals surface area contributed by atoms with Crippen molar-refractivity contribution in [3.05, 3.63) is 65.2 Å². The molecule has 2 aromatic rings. The summed E-state index contributed by atoms with van der Waals surface area (Å²) in [5, 5.41) is 2.91. The highest BCUT2D eigenvalue weighted by molar-refractivity contribution is 7.92. The predicted octanol–water partition coefficient (Wildman–Crippen LogP) is 4.18. The molecular formula is C27H39N3O4S. The highest BCUT2D eigenvalue weighted by Gasteiger charge is 2.28. The van der Waals surface area contributed by atoms with Gasteiger partial charge in [-0.1, -0.05) is 56.3 Å². The monoisotopic (exact) mass is 501 g/mol. The molecule has 8 heteroatoms. The van der Waals surface area contributed by atoms with Crippen LogP contribution in [0.5, 0.6) is 0 Å². The SMILES string of the molecule is CCCNC(=O)[C@@H](CC)N(Cc1ccccc1)C(=O)CCCN(c1cccc(C)c1C)S(C)(=O)=O. The number of nitrogens with zero attached hydrogens (tertiary/aromatic N) is 2. The first-order valence-electron chi connectivity index (χ1n) is 12.2. The van der Waals surface area contributed by atoms with Crippen molar-refractivity contribution in [2.75, 3.05) is 23.7 Å². The number of carbonyl (C=O) groups excluding carboxylic acids is 2. The summed E-state index contributed by atoms with van der Waals surface area (Å²) in [5.74, 6) is -0.325. The van der Waals surface area contributed by atoms with E-state index in [9.17, 15) is 18.0 Å². The number of sulfonamides is 1. The number of nitrogens with one attached hydrogen (secondary N) is 1. The molecule has 0 heterocycles. The molecule has 0 radical (unpaired) electrons. The van der Waals surface area contributed by atoms with Crippen LogP contribution in [0.3, 0.4) is 0 Å². The van der Waals surface area contributed by atoms with Crippen LogP contribution in [0.25, 0.3) is 0 Å². The van der Waals surface area contributed by atoms with Gasteiger partial charge in [0.15, 0.2) is 0 Å². The molecule has 0 aliphatic rings. The van der Waals surface area contributed by atoms with Crippen LogP contribution >= 0.6 is 0 Å². The zero-order valence-electron chi connectivity index (χ0n) is 21.6. The summed E-state index contributed by atoms with van der Waals surface area (Å²) in [6, 6.07) is 14.6. The third-order valence-corrected chi connectivity index (χ3v) is 7.31. The second-order valence-electron chi connectivity index (χ2n) is 8.88. The average molecular weight is 502 g/mol. The first kappa shape index (κ1) is 28.4. The molecule has 1 N–H and O–H groups in total. The Morgan fingerprint density at radius 3 is 2.29 bits per heavy atom. The number of rotatable bonds is 13. The molecule has 0 aromatic heterocycles. The van der Waals surface area contributed by atoms with Crippen LogP contribution in [-0.2, 0) is 26.2 Å². The Morgan fingerprint density at radius 2 is 1.69 bits per heavy atom. The molecule has 0 unspecified atom stereocenters. The van der Waals surface area contributed by atoms with E-state index in [1.54, 1.807) is 11.0 Å². The zero-order chi connectivity index (χ0) is 26.0. The maximum absolute atomic E-state index is 13.4. The summed E-state index contributed by atoms with van der Waals surface area (Å²) in [6.45, 7) is 8.79. The topological polar surface area (TPSA) is 86.8 Å². The van der Waals surface area contributed by atoms with E-state index in [-0.39, 0.29) is 24.8 Å². The number of benzene rings is 2. The molecule has 0 spiro atoms. The van der Waals surface area contributed by atoms with Gasteiger partial charge in [-0.3, -0.25) is 13.9 Å². The van der Waals surface area contributed by atoms with Crippen molar-refractivity contribution in [1.29, 1.82) is 0 Å². The molecule has 0 fully saturated rings. The second kappa shape index (κ2) is 13.3. The first-order valence-corrected chi connectivity index (χ1v) is 14.1. The van der Waals surface area contributed by atoms with Crippen molar-refractivity contribution < 1.29 is 18.0 Å². The van der Waals surface area contributed by atoms with Gasteiger partial charge in [0.1, 0.15) is 6.04 Å². The summed E-state index contributed by atoms with van der Waals surface area (Å²) in [4.78, 5) is 27.9. The summed E-state index contributed by atoms with van der Waals surface area (Å²) < 4.78 is 26.5. The third-order valence-electron chi connectivity index (χ3n) is 6.13. The molecule has 2 amide bonds. The van der Waals surface area contributed by atoms with Crippen molar-refractivity contribution in [3.63, 3.8) is 0 Å². The lowest BCUT2D eigenvalue weighted by molar-refractivity contribution is -0.141. The number of carbonyl (C=O) groups is 2.